The predicted octanol–water partition coefficient (Wildman–Crippen LogP) is 7.36. The van der Waals surface area contributed by atoms with Gasteiger partial charge in [-0.25, -0.2) is 26.3 Å². The molecule has 15 nitrogen and oxygen atoms in total. The first-order chi connectivity index (χ1) is 30.4. The van der Waals surface area contributed by atoms with Crippen LogP contribution in [0.1, 0.15) is 80.0 Å². The normalized spacial score (nSPS) is 11.7. The number of rotatable bonds is 12. The van der Waals surface area contributed by atoms with Gasteiger partial charge in [0.25, 0.3) is 0 Å². The van der Waals surface area contributed by atoms with Crippen LogP contribution in [0.5, 0.6) is 11.5 Å². The fourth-order valence-electron chi connectivity index (χ4n) is 6.34. The molecule has 2 aromatic heterocycles. The SMILES string of the molecule is CC(C)(C)NS(=O)(=O)c1ccccc1-c1ccc(N)cc1.Cc1ncc(CO)c(C=O)c1O.Cc1ncc(CO)c(CNc2ccc(-c3ccccc3S(=O)(=O)NC(C)(C)C)cc2)c1O. The Balaban J connectivity index is 0.000000239. The minimum Gasteiger partial charge on any atom is -0.506 e. The van der Waals surface area contributed by atoms with Crippen molar-refractivity contribution in [2.75, 3.05) is 11.1 Å². The van der Waals surface area contributed by atoms with Crippen LogP contribution in [-0.4, -0.2) is 64.6 Å². The Morgan fingerprint density at radius 2 is 1.03 bits per heavy atom. The first-order valence-corrected chi connectivity index (χ1v) is 23.3. The van der Waals surface area contributed by atoms with Crippen LogP contribution in [0.3, 0.4) is 0 Å². The Labute approximate surface area is 381 Å². The molecule has 6 aromatic rings. The van der Waals surface area contributed by atoms with Gasteiger partial charge in [0.15, 0.2) is 6.29 Å². The van der Waals surface area contributed by atoms with E-state index in [1.54, 1.807) is 89.3 Å². The number of aliphatic hydroxyl groups is 2. The van der Waals surface area contributed by atoms with Crippen LogP contribution in [0.4, 0.5) is 11.4 Å². The number of anilines is 2. The quantitative estimate of drug-likeness (QED) is 0.0442. The molecular formula is C48H58N6O9S2. The van der Waals surface area contributed by atoms with Crippen molar-refractivity contribution in [3.8, 4) is 33.8 Å². The van der Waals surface area contributed by atoms with Gasteiger partial charge >= 0.3 is 0 Å². The maximum Gasteiger partial charge on any atom is 0.241 e. The van der Waals surface area contributed by atoms with Gasteiger partial charge < -0.3 is 31.5 Å². The molecular weight excluding hydrogens is 869 g/mol. The molecule has 346 valence electrons. The van der Waals surface area contributed by atoms with E-state index >= 15 is 0 Å². The number of carbonyl (C=O) groups is 1. The molecule has 0 atom stereocenters. The summed E-state index contributed by atoms with van der Waals surface area (Å²) in [6.45, 7) is 13.9. The number of nitrogen functional groups attached to an aromatic ring is 1. The van der Waals surface area contributed by atoms with Crippen LogP contribution < -0.4 is 20.5 Å². The van der Waals surface area contributed by atoms with E-state index in [9.17, 15) is 36.9 Å². The second-order valence-corrected chi connectivity index (χ2v) is 20.3. The number of aromatic nitrogens is 2. The second kappa shape index (κ2) is 21.6. The average Bonchev–Trinajstić information content (AvgIpc) is 3.24. The van der Waals surface area contributed by atoms with E-state index in [4.69, 9.17) is 10.8 Å². The minimum atomic E-state index is -3.69. The van der Waals surface area contributed by atoms with Crippen LogP contribution in [0, 0.1) is 13.8 Å². The number of aldehydes is 1. The number of aromatic hydroxyl groups is 2. The van der Waals surface area contributed by atoms with Crippen molar-refractivity contribution in [2.24, 2.45) is 0 Å². The van der Waals surface area contributed by atoms with Crippen molar-refractivity contribution in [2.45, 2.75) is 96.0 Å². The molecule has 0 fully saturated rings. The molecule has 0 amide bonds. The fraction of sp³-hybridized carbons (Fsp3) is 0.271. The zero-order chi connectivity index (χ0) is 48.3. The van der Waals surface area contributed by atoms with Crippen molar-refractivity contribution in [1.82, 2.24) is 19.4 Å². The van der Waals surface area contributed by atoms with Crippen LogP contribution in [0.15, 0.2) is 119 Å². The van der Waals surface area contributed by atoms with E-state index in [2.05, 4.69) is 24.7 Å². The van der Waals surface area contributed by atoms with Crippen molar-refractivity contribution in [1.29, 1.82) is 0 Å². The number of aliphatic hydroxyl groups excluding tert-OH is 2. The lowest BCUT2D eigenvalue weighted by Crippen LogP contribution is -2.40. The van der Waals surface area contributed by atoms with E-state index in [0.29, 0.717) is 57.7 Å². The van der Waals surface area contributed by atoms with Crippen LogP contribution in [-0.2, 0) is 39.8 Å². The number of nitrogens with zero attached hydrogens (tertiary/aromatic N) is 2. The number of nitrogens with one attached hydrogen (secondary N) is 3. The van der Waals surface area contributed by atoms with E-state index in [-0.39, 0.29) is 40.1 Å². The molecule has 9 N–H and O–H groups in total. The first kappa shape index (κ1) is 51.4. The number of nitrogens with two attached hydrogens (primary N) is 1. The molecule has 4 aromatic carbocycles. The van der Waals surface area contributed by atoms with Crippen LogP contribution in [0.2, 0.25) is 0 Å². The maximum atomic E-state index is 12.9. The number of aryl methyl sites for hydroxylation is 2. The zero-order valence-electron chi connectivity index (χ0n) is 37.7. The highest BCUT2D eigenvalue weighted by molar-refractivity contribution is 7.90. The summed E-state index contributed by atoms with van der Waals surface area (Å²) in [6, 6.07) is 28.4. The van der Waals surface area contributed by atoms with Crippen molar-refractivity contribution >= 4 is 37.7 Å². The smallest absolute Gasteiger partial charge is 0.241 e. The van der Waals surface area contributed by atoms with Gasteiger partial charge in [0, 0.05) is 69.2 Å². The van der Waals surface area contributed by atoms with Crippen molar-refractivity contribution in [3.05, 3.63) is 143 Å². The van der Waals surface area contributed by atoms with E-state index in [1.807, 2.05) is 69.3 Å². The second-order valence-electron chi connectivity index (χ2n) is 17.0. The molecule has 0 radical (unpaired) electrons. The van der Waals surface area contributed by atoms with Crippen LogP contribution >= 0.6 is 0 Å². The topological polar surface area (TPSA) is 254 Å². The van der Waals surface area contributed by atoms with Gasteiger partial charge in [0.2, 0.25) is 20.0 Å². The molecule has 2 heterocycles. The van der Waals surface area contributed by atoms with Gasteiger partial charge in [-0.05, 0) is 103 Å². The number of hydrogen-bond donors (Lipinski definition) is 8. The predicted molar refractivity (Wildman–Crippen MR) is 254 cm³/mol. The molecule has 0 aliphatic rings. The number of hydrogen-bond acceptors (Lipinski definition) is 13. The summed E-state index contributed by atoms with van der Waals surface area (Å²) in [4.78, 5) is 18.8. The molecule has 6 rings (SSSR count). The monoisotopic (exact) mass is 926 g/mol. The lowest BCUT2D eigenvalue weighted by Gasteiger charge is -2.21. The number of sulfonamides is 2. The summed E-state index contributed by atoms with van der Waals surface area (Å²) in [5.74, 6) is -0.0947. The van der Waals surface area contributed by atoms with Gasteiger partial charge in [-0.1, -0.05) is 60.7 Å². The minimum absolute atomic E-state index is 0.0613. The van der Waals surface area contributed by atoms with Gasteiger partial charge in [-0.15, -0.1) is 0 Å². The van der Waals surface area contributed by atoms with E-state index < -0.39 is 31.1 Å². The van der Waals surface area contributed by atoms with Crippen molar-refractivity contribution in [3.63, 3.8) is 0 Å². The van der Waals surface area contributed by atoms with E-state index in [0.717, 1.165) is 16.8 Å². The molecule has 17 heteroatoms. The summed E-state index contributed by atoms with van der Waals surface area (Å²) in [5, 5.41) is 41.1. The molecule has 0 saturated heterocycles. The summed E-state index contributed by atoms with van der Waals surface area (Å²) >= 11 is 0. The Morgan fingerprint density at radius 3 is 1.46 bits per heavy atom. The lowest BCUT2D eigenvalue weighted by molar-refractivity contribution is 0.111. The van der Waals surface area contributed by atoms with E-state index in [1.165, 1.54) is 6.20 Å². The van der Waals surface area contributed by atoms with Crippen molar-refractivity contribution < 1.29 is 42.1 Å². The highest BCUT2D eigenvalue weighted by Gasteiger charge is 2.26. The molecule has 0 spiro atoms. The van der Waals surface area contributed by atoms with Gasteiger partial charge in [-0.3, -0.25) is 14.8 Å². The molecule has 65 heavy (non-hydrogen) atoms. The zero-order valence-corrected chi connectivity index (χ0v) is 39.3. The molecule has 0 unspecified atom stereocenters. The van der Waals surface area contributed by atoms with Gasteiger partial charge in [0.1, 0.15) is 11.5 Å². The Hall–Kier alpha value is -6.21. The van der Waals surface area contributed by atoms with Gasteiger partial charge in [-0.2, -0.15) is 0 Å². The standard InChI is InChI=1S/C24H29N3O4S.C16H20N2O2S.C8H9NO3/c1-16-23(29)21(18(15-28)13-25-16)14-26-19-11-9-17(10-12-19)20-7-5-6-8-22(20)32(30,31)27-24(2,3)4;1-16(2,3)18-21(19,20)15-7-5-4-6-14(15)12-8-10-13(17)11-9-12;1-5-8(12)7(4-11)6(3-10)2-9-5/h5-13,26-29H,14-15H2,1-4H3;4-11,18H,17H2,1-3H3;2,4,10,12H,3H2,1H3. The molecule has 0 aliphatic carbocycles. The average molecular weight is 927 g/mol. The molecule has 0 aliphatic heterocycles. The third-order valence-electron chi connectivity index (χ3n) is 9.37. The highest BCUT2D eigenvalue weighted by Crippen LogP contribution is 2.31. The molecule has 0 bridgehead atoms. The highest BCUT2D eigenvalue weighted by atomic mass is 32.2. The maximum absolute atomic E-state index is 12.9. The van der Waals surface area contributed by atoms with Gasteiger partial charge in [0.05, 0.1) is 40.0 Å². The largest absolute Gasteiger partial charge is 0.506 e. The number of carbonyl (C=O) groups excluding carboxylic acids is 1. The van der Waals surface area contributed by atoms with Crippen LogP contribution in [0.25, 0.3) is 22.3 Å². The number of pyridine rings is 2. The Kier molecular flexibility index (Phi) is 17.1. The summed E-state index contributed by atoms with van der Waals surface area (Å²) in [7, 11) is -7.28. The Bertz CT molecular complexity index is 2810. The summed E-state index contributed by atoms with van der Waals surface area (Å²) < 4.78 is 56.4. The third-order valence-corrected chi connectivity index (χ3v) is 13.0. The third kappa shape index (κ3) is 14.1. The summed E-state index contributed by atoms with van der Waals surface area (Å²) in [5.41, 5.74) is 11.3. The summed E-state index contributed by atoms with van der Waals surface area (Å²) in [6.07, 6.45) is 3.44. The number of benzene rings is 4. The molecule has 0 saturated carbocycles. The first-order valence-electron chi connectivity index (χ1n) is 20.4. The Morgan fingerprint density at radius 1 is 0.615 bits per heavy atom. The lowest BCUT2D eigenvalue weighted by atomic mass is 10.0. The fourth-order valence-corrected chi connectivity index (χ4v) is 9.64.